The number of amides is 1. The van der Waals surface area contributed by atoms with E-state index in [1.807, 2.05) is 12.1 Å². The lowest BCUT2D eigenvalue weighted by molar-refractivity contribution is -0.146. The highest BCUT2D eigenvalue weighted by Gasteiger charge is 2.43. The summed E-state index contributed by atoms with van der Waals surface area (Å²) in [6.45, 7) is 2.16. The molecule has 0 spiro atoms. The number of thioether (sulfide) groups is 1. The third-order valence-corrected chi connectivity index (χ3v) is 5.21. The number of nitrogens with one attached hydrogen (secondary N) is 1. The average Bonchev–Trinajstić information content (AvgIpc) is 2.96. The third-order valence-electron chi connectivity index (χ3n) is 4.02. The highest BCUT2D eigenvalue weighted by molar-refractivity contribution is 7.99. The highest BCUT2D eigenvalue weighted by atomic mass is 32.2. The summed E-state index contributed by atoms with van der Waals surface area (Å²) in [5.74, 6) is 0.0786. The number of carboxylic acids is 1. The number of aryl methyl sites for hydroxylation is 1. The standard InChI is InChI=1S/C17H23NO3S/c1-2-3-4-13-5-7-14(8-6-13)11-15(19)18-17(16(20)21)9-10-22-12-17/h5-8H,2-4,9-12H2,1H3,(H,18,19)(H,20,21). The van der Waals surface area contributed by atoms with Gasteiger partial charge in [-0.15, -0.1) is 0 Å². The molecule has 2 rings (SSSR count). The number of carbonyl (C=O) groups is 2. The van der Waals surface area contributed by atoms with E-state index in [-0.39, 0.29) is 12.3 Å². The monoisotopic (exact) mass is 321 g/mol. The van der Waals surface area contributed by atoms with Crippen LogP contribution in [0.15, 0.2) is 24.3 Å². The van der Waals surface area contributed by atoms with E-state index in [1.165, 1.54) is 18.4 Å². The summed E-state index contributed by atoms with van der Waals surface area (Å²) in [6.07, 6.45) is 4.11. The molecule has 0 radical (unpaired) electrons. The fourth-order valence-electron chi connectivity index (χ4n) is 2.59. The van der Waals surface area contributed by atoms with Crippen molar-refractivity contribution in [1.82, 2.24) is 5.32 Å². The van der Waals surface area contributed by atoms with Gasteiger partial charge in [-0.1, -0.05) is 37.6 Å². The Hall–Kier alpha value is -1.49. The topological polar surface area (TPSA) is 66.4 Å². The van der Waals surface area contributed by atoms with Gasteiger partial charge in [0.25, 0.3) is 0 Å². The average molecular weight is 321 g/mol. The molecule has 22 heavy (non-hydrogen) atoms. The zero-order valence-electron chi connectivity index (χ0n) is 12.9. The summed E-state index contributed by atoms with van der Waals surface area (Å²) in [4.78, 5) is 23.6. The van der Waals surface area contributed by atoms with Crippen molar-refractivity contribution in [3.8, 4) is 0 Å². The van der Waals surface area contributed by atoms with E-state index in [1.54, 1.807) is 11.8 Å². The number of hydrogen-bond acceptors (Lipinski definition) is 3. The molecule has 1 aliphatic rings. The van der Waals surface area contributed by atoms with E-state index in [0.29, 0.717) is 12.2 Å². The molecule has 1 unspecified atom stereocenters. The van der Waals surface area contributed by atoms with Gasteiger partial charge in [0.15, 0.2) is 0 Å². The van der Waals surface area contributed by atoms with Crippen molar-refractivity contribution in [1.29, 1.82) is 0 Å². The molecule has 0 bridgehead atoms. The van der Waals surface area contributed by atoms with Crippen LogP contribution in [0, 0.1) is 0 Å². The van der Waals surface area contributed by atoms with Crippen LogP contribution in [-0.4, -0.2) is 34.0 Å². The highest BCUT2D eigenvalue weighted by Crippen LogP contribution is 2.28. The fraction of sp³-hybridized carbons (Fsp3) is 0.529. The first kappa shape index (κ1) is 16.9. The zero-order chi connectivity index (χ0) is 16.0. The Labute approximate surface area is 135 Å². The Kier molecular flexibility index (Phi) is 5.89. The summed E-state index contributed by atoms with van der Waals surface area (Å²) >= 11 is 1.57. The van der Waals surface area contributed by atoms with E-state index >= 15 is 0 Å². The summed E-state index contributed by atoms with van der Waals surface area (Å²) in [6, 6.07) is 8.02. The number of carboxylic acid groups (broad SMARTS) is 1. The normalized spacial score (nSPS) is 20.8. The van der Waals surface area contributed by atoms with Gasteiger partial charge in [0.05, 0.1) is 6.42 Å². The summed E-state index contributed by atoms with van der Waals surface area (Å²) in [5.41, 5.74) is 1.12. The molecule has 1 aliphatic heterocycles. The Morgan fingerprint density at radius 2 is 1.95 bits per heavy atom. The first-order valence-corrected chi connectivity index (χ1v) is 8.91. The second-order valence-corrected chi connectivity index (χ2v) is 6.94. The number of hydrogen-bond donors (Lipinski definition) is 2. The summed E-state index contributed by atoms with van der Waals surface area (Å²) in [5, 5.41) is 12.1. The second kappa shape index (κ2) is 7.68. The van der Waals surface area contributed by atoms with Crippen LogP contribution in [0.1, 0.15) is 37.3 Å². The van der Waals surface area contributed by atoms with E-state index in [9.17, 15) is 14.7 Å². The molecule has 1 fully saturated rings. The van der Waals surface area contributed by atoms with Crippen LogP contribution < -0.4 is 5.32 Å². The molecule has 0 aliphatic carbocycles. The Bertz CT molecular complexity index is 521. The van der Waals surface area contributed by atoms with Gasteiger partial charge in [-0.2, -0.15) is 11.8 Å². The van der Waals surface area contributed by atoms with Crippen LogP contribution in [0.2, 0.25) is 0 Å². The minimum Gasteiger partial charge on any atom is -0.479 e. The molecule has 120 valence electrons. The Morgan fingerprint density at radius 1 is 1.27 bits per heavy atom. The van der Waals surface area contributed by atoms with Crippen LogP contribution >= 0.6 is 11.8 Å². The van der Waals surface area contributed by atoms with Crippen molar-refractivity contribution < 1.29 is 14.7 Å². The Balaban J connectivity index is 1.92. The van der Waals surface area contributed by atoms with Crippen LogP contribution in [0.4, 0.5) is 0 Å². The Morgan fingerprint density at radius 3 is 2.50 bits per heavy atom. The lowest BCUT2D eigenvalue weighted by Crippen LogP contribution is -2.55. The third kappa shape index (κ3) is 4.26. The van der Waals surface area contributed by atoms with E-state index < -0.39 is 11.5 Å². The molecule has 1 atom stereocenters. The van der Waals surface area contributed by atoms with Gasteiger partial charge in [0.2, 0.25) is 5.91 Å². The SMILES string of the molecule is CCCCc1ccc(CC(=O)NC2(C(=O)O)CCSC2)cc1. The maximum absolute atomic E-state index is 12.2. The zero-order valence-corrected chi connectivity index (χ0v) is 13.7. The largest absolute Gasteiger partial charge is 0.479 e. The first-order chi connectivity index (χ1) is 10.6. The molecule has 0 aromatic heterocycles. The quantitative estimate of drug-likeness (QED) is 0.810. The summed E-state index contributed by atoms with van der Waals surface area (Å²) < 4.78 is 0. The smallest absolute Gasteiger partial charge is 0.330 e. The molecule has 1 saturated heterocycles. The predicted octanol–water partition coefficient (Wildman–Crippen LogP) is 2.65. The molecule has 0 saturated carbocycles. The molecule has 2 N–H and O–H groups in total. The van der Waals surface area contributed by atoms with Gasteiger partial charge in [-0.25, -0.2) is 4.79 Å². The van der Waals surface area contributed by atoms with Crippen molar-refractivity contribution in [3.05, 3.63) is 35.4 Å². The number of carbonyl (C=O) groups excluding carboxylic acids is 1. The molecule has 1 amide bonds. The molecule has 1 heterocycles. The maximum Gasteiger partial charge on any atom is 0.330 e. The van der Waals surface area contributed by atoms with Gasteiger partial charge >= 0.3 is 5.97 Å². The van der Waals surface area contributed by atoms with Gasteiger partial charge in [-0.3, -0.25) is 4.79 Å². The van der Waals surface area contributed by atoms with Crippen molar-refractivity contribution in [2.45, 2.75) is 44.6 Å². The molecule has 1 aromatic rings. The van der Waals surface area contributed by atoms with Gasteiger partial charge < -0.3 is 10.4 Å². The molecule has 1 aromatic carbocycles. The molecule has 4 nitrogen and oxygen atoms in total. The molecular weight excluding hydrogens is 298 g/mol. The van der Waals surface area contributed by atoms with Gasteiger partial charge in [0.1, 0.15) is 5.54 Å². The van der Waals surface area contributed by atoms with Gasteiger partial charge in [0, 0.05) is 5.75 Å². The van der Waals surface area contributed by atoms with E-state index in [2.05, 4.69) is 24.4 Å². The summed E-state index contributed by atoms with van der Waals surface area (Å²) in [7, 11) is 0. The molecule has 5 heteroatoms. The fourth-order valence-corrected chi connectivity index (χ4v) is 3.91. The number of rotatable bonds is 7. The number of aliphatic carboxylic acids is 1. The first-order valence-electron chi connectivity index (χ1n) is 7.76. The van der Waals surface area contributed by atoms with E-state index in [4.69, 9.17) is 0 Å². The van der Waals surface area contributed by atoms with Crippen LogP contribution in [-0.2, 0) is 22.4 Å². The van der Waals surface area contributed by atoms with Crippen LogP contribution in [0.3, 0.4) is 0 Å². The minimum atomic E-state index is -1.08. The second-order valence-electron chi connectivity index (χ2n) is 5.83. The van der Waals surface area contributed by atoms with Crippen molar-refractivity contribution in [2.75, 3.05) is 11.5 Å². The maximum atomic E-state index is 12.2. The molecular formula is C17H23NO3S. The van der Waals surface area contributed by atoms with Crippen molar-refractivity contribution >= 4 is 23.6 Å². The number of unbranched alkanes of at least 4 members (excludes halogenated alkanes) is 1. The number of benzene rings is 1. The van der Waals surface area contributed by atoms with Gasteiger partial charge in [-0.05, 0) is 36.1 Å². The van der Waals surface area contributed by atoms with E-state index in [0.717, 1.165) is 17.7 Å². The van der Waals surface area contributed by atoms with Crippen molar-refractivity contribution in [3.63, 3.8) is 0 Å². The predicted molar refractivity (Wildman–Crippen MR) is 89.2 cm³/mol. The lowest BCUT2D eigenvalue weighted by Gasteiger charge is -2.24. The van der Waals surface area contributed by atoms with Crippen LogP contribution in [0.5, 0.6) is 0 Å². The minimum absolute atomic E-state index is 0.216. The lowest BCUT2D eigenvalue weighted by atomic mass is 9.98. The van der Waals surface area contributed by atoms with Crippen molar-refractivity contribution in [2.24, 2.45) is 0 Å². The van der Waals surface area contributed by atoms with Crippen LogP contribution in [0.25, 0.3) is 0 Å².